The smallest absolute Gasteiger partial charge is 0.265 e. The zero-order valence-corrected chi connectivity index (χ0v) is 8.05. The van der Waals surface area contributed by atoms with Gasteiger partial charge in [-0.05, 0) is 15.9 Å². The van der Waals surface area contributed by atoms with Crippen LogP contribution < -0.4 is 5.73 Å². The third-order valence-electron chi connectivity index (χ3n) is 1.56. The molecule has 0 aliphatic carbocycles. The highest BCUT2D eigenvalue weighted by atomic mass is 79.9. The van der Waals surface area contributed by atoms with Gasteiger partial charge >= 0.3 is 0 Å². The summed E-state index contributed by atoms with van der Waals surface area (Å²) in [4.78, 5) is 3.63. The normalized spacial score (nSPS) is 10.8. The molecule has 1 aromatic rings. The highest BCUT2D eigenvalue weighted by Crippen LogP contribution is 2.33. The average molecular weight is 253 g/mol. The molecular weight excluding hydrogens is 246 g/mol. The van der Waals surface area contributed by atoms with Gasteiger partial charge in [0.15, 0.2) is 0 Å². The number of pyridine rings is 1. The molecule has 0 bridgehead atoms. The fraction of sp³-hybridized carbons (Fsp3) is 0.286. The van der Waals surface area contributed by atoms with Gasteiger partial charge in [-0.25, -0.2) is 13.8 Å². The molecule has 13 heavy (non-hydrogen) atoms. The van der Waals surface area contributed by atoms with Gasteiger partial charge in [-0.2, -0.15) is 0 Å². The second kappa shape index (κ2) is 3.97. The molecule has 1 heterocycles. The summed E-state index contributed by atoms with van der Waals surface area (Å²) in [6, 6.07) is 0. The van der Waals surface area contributed by atoms with E-state index < -0.39 is 13.0 Å². The van der Waals surface area contributed by atoms with Crippen LogP contribution in [0, 0.1) is 0 Å². The van der Waals surface area contributed by atoms with Gasteiger partial charge in [0, 0.05) is 17.3 Å². The standard InChI is InChI=1S/C7H7BrF2N2O/c8-5-4(6(9)10)3(2-13)1-12-7(5)11/h1,6,13H,2H2,(H2,11,12). The summed E-state index contributed by atoms with van der Waals surface area (Å²) in [6.07, 6.45) is -1.54. The number of aromatic nitrogens is 1. The van der Waals surface area contributed by atoms with Crippen molar-refractivity contribution in [1.82, 2.24) is 4.98 Å². The molecule has 0 aliphatic rings. The van der Waals surface area contributed by atoms with E-state index in [0.717, 1.165) is 6.20 Å². The van der Waals surface area contributed by atoms with E-state index in [1.165, 1.54) is 0 Å². The Morgan fingerprint density at radius 3 is 2.69 bits per heavy atom. The number of hydrogen-bond donors (Lipinski definition) is 2. The largest absolute Gasteiger partial charge is 0.392 e. The van der Waals surface area contributed by atoms with Crippen LogP contribution in [0.15, 0.2) is 10.7 Å². The Morgan fingerprint density at radius 2 is 2.23 bits per heavy atom. The van der Waals surface area contributed by atoms with Gasteiger partial charge in [0.05, 0.1) is 11.1 Å². The Balaban J connectivity index is 3.32. The maximum Gasteiger partial charge on any atom is 0.265 e. The molecule has 0 fully saturated rings. The monoisotopic (exact) mass is 252 g/mol. The lowest BCUT2D eigenvalue weighted by Gasteiger charge is -2.09. The third-order valence-corrected chi connectivity index (χ3v) is 2.39. The summed E-state index contributed by atoms with van der Waals surface area (Å²) in [6.45, 7) is -0.481. The molecule has 72 valence electrons. The zero-order valence-electron chi connectivity index (χ0n) is 6.47. The fourth-order valence-electron chi connectivity index (χ4n) is 0.915. The van der Waals surface area contributed by atoms with E-state index in [1.54, 1.807) is 0 Å². The molecule has 0 amide bonds. The molecule has 3 N–H and O–H groups in total. The maximum absolute atomic E-state index is 12.4. The number of halogens is 3. The molecule has 0 aromatic carbocycles. The second-order valence-corrected chi connectivity index (χ2v) is 3.15. The molecule has 1 rings (SSSR count). The Morgan fingerprint density at radius 1 is 1.62 bits per heavy atom. The predicted octanol–water partition coefficient (Wildman–Crippen LogP) is 1.86. The van der Waals surface area contributed by atoms with Gasteiger partial charge in [-0.3, -0.25) is 0 Å². The third kappa shape index (κ3) is 1.94. The molecule has 0 saturated heterocycles. The Labute approximate surface area is 81.7 Å². The Kier molecular flexibility index (Phi) is 3.16. The number of nitrogens with zero attached hydrogens (tertiary/aromatic N) is 1. The molecule has 0 unspecified atom stereocenters. The zero-order chi connectivity index (χ0) is 10.0. The number of nitrogens with two attached hydrogens (primary N) is 1. The number of anilines is 1. The Hall–Kier alpha value is -0.750. The molecule has 0 atom stereocenters. The van der Waals surface area contributed by atoms with Crippen LogP contribution in [0.5, 0.6) is 0 Å². The topological polar surface area (TPSA) is 59.1 Å². The molecular formula is C7H7BrF2N2O. The number of nitrogen functional groups attached to an aromatic ring is 1. The highest BCUT2D eigenvalue weighted by molar-refractivity contribution is 9.10. The number of alkyl halides is 2. The summed E-state index contributed by atoms with van der Waals surface area (Å²) in [5.74, 6) is -0.00694. The van der Waals surface area contributed by atoms with Crippen LogP contribution in [-0.2, 0) is 6.61 Å². The SMILES string of the molecule is Nc1ncc(CO)c(C(F)F)c1Br. The van der Waals surface area contributed by atoms with Crippen LogP contribution >= 0.6 is 15.9 Å². The number of aliphatic hydroxyl groups is 1. The lowest BCUT2D eigenvalue weighted by Crippen LogP contribution is -2.02. The van der Waals surface area contributed by atoms with E-state index in [2.05, 4.69) is 20.9 Å². The Bertz CT molecular complexity index is 320. The van der Waals surface area contributed by atoms with Gasteiger partial charge in [0.25, 0.3) is 6.43 Å². The van der Waals surface area contributed by atoms with Crippen LogP contribution in [0.2, 0.25) is 0 Å². The molecule has 6 heteroatoms. The molecule has 0 aliphatic heterocycles. The molecule has 0 spiro atoms. The molecule has 0 saturated carbocycles. The van der Waals surface area contributed by atoms with E-state index in [4.69, 9.17) is 10.8 Å². The minimum atomic E-state index is -2.68. The van der Waals surface area contributed by atoms with Crippen molar-refractivity contribution in [3.05, 3.63) is 21.8 Å². The number of hydrogen-bond acceptors (Lipinski definition) is 3. The van der Waals surface area contributed by atoms with Gasteiger partial charge in [0.1, 0.15) is 5.82 Å². The summed E-state index contributed by atoms with van der Waals surface area (Å²) in [5, 5.41) is 8.75. The first kappa shape index (κ1) is 10.3. The van der Waals surface area contributed by atoms with Crippen molar-refractivity contribution in [2.45, 2.75) is 13.0 Å². The van der Waals surface area contributed by atoms with Crippen LogP contribution in [0.1, 0.15) is 17.6 Å². The summed E-state index contributed by atoms with van der Waals surface area (Å²) >= 11 is 2.89. The molecule has 0 radical (unpaired) electrons. The van der Waals surface area contributed by atoms with Crippen molar-refractivity contribution >= 4 is 21.7 Å². The van der Waals surface area contributed by atoms with Crippen molar-refractivity contribution in [3.8, 4) is 0 Å². The van der Waals surface area contributed by atoms with E-state index in [9.17, 15) is 8.78 Å². The van der Waals surface area contributed by atoms with E-state index >= 15 is 0 Å². The minimum Gasteiger partial charge on any atom is -0.392 e. The van der Waals surface area contributed by atoms with Gasteiger partial charge in [-0.15, -0.1) is 0 Å². The molecule has 3 nitrogen and oxygen atoms in total. The van der Waals surface area contributed by atoms with Crippen molar-refractivity contribution in [1.29, 1.82) is 0 Å². The molecule has 1 aromatic heterocycles. The van der Waals surface area contributed by atoms with Crippen molar-refractivity contribution in [2.24, 2.45) is 0 Å². The van der Waals surface area contributed by atoms with Gasteiger partial charge in [-0.1, -0.05) is 0 Å². The summed E-state index contributed by atoms with van der Waals surface area (Å²) < 4.78 is 24.9. The maximum atomic E-state index is 12.4. The lowest BCUT2D eigenvalue weighted by atomic mass is 10.1. The highest BCUT2D eigenvalue weighted by Gasteiger charge is 2.18. The second-order valence-electron chi connectivity index (χ2n) is 2.36. The predicted molar refractivity (Wildman–Crippen MR) is 47.2 cm³/mol. The van der Waals surface area contributed by atoms with Crippen LogP contribution in [0.4, 0.5) is 14.6 Å². The quantitative estimate of drug-likeness (QED) is 0.845. The average Bonchev–Trinajstić information content (AvgIpc) is 2.08. The van der Waals surface area contributed by atoms with Gasteiger partial charge in [0.2, 0.25) is 0 Å². The van der Waals surface area contributed by atoms with Crippen LogP contribution in [0.3, 0.4) is 0 Å². The number of aliphatic hydroxyl groups excluding tert-OH is 1. The minimum absolute atomic E-state index is 0.00694. The summed E-state index contributed by atoms with van der Waals surface area (Å²) in [5.41, 5.74) is 5.09. The lowest BCUT2D eigenvalue weighted by molar-refractivity contribution is 0.146. The first-order chi connectivity index (χ1) is 6.07. The summed E-state index contributed by atoms with van der Waals surface area (Å²) in [7, 11) is 0. The van der Waals surface area contributed by atoms with Crippen molar-refractivity contribution in [2.75, 3.05) is 5.73 Å². The van der Waals surface area contributed by atoms with Crippen molar-refractivity contribution in [3.63, 3.8) is 0 Å². The van der Waals surface area contributed by atoms with Gasteiger partial charge < -0.3 is 10.8 Å². The fourth-order valence-corrected chi connectivity index (χ4v) is 1.44. The van der Waals surface area contributed by atoms with Crippen LogP contribution in [0.25, 0.3) is 0 Å². The van der Waals surface area contributed by atoms with Crippen molar-refractivity contribution < 1.29 is 13.9 Å². The number of rotatable bonds is 2. The first-order valence-corrected chi connectivity index (χ1v) is 4.19. The van der Waals surface area contributed by atoms with Crippen LogP contribution in [-0.4, -0.2) is 10.1 Å². The van der Waals surface area contributed by atoms with E-state index in [1.807, 2.05) is 0 Å². The first-order valence-electron chi connectivity index (χ1n) is 3.39. The van der Waals surface area contributed by atoms with E-state index in [0.29, 0.717) is 0 Å². The van der Waals surface area contributed by atoms with E-state index in [-0.39, 0.29) is 21.4 Å².